The van der Waals surface area contributed by atoms with Crippen molar-refractivity contribution in [2.75, 3.05) is 31.7 Å². The van der Waals surface area contributed by atoms with E-state index in [2.05, 4.69) is 45.3 Å². The van der Waals surface area contributed by atoms with Crippen LogP contribution in [0.1, 0.15) is 19.5 Å². The molecule has 0 unspecified atom stereocenters. The molecule has 4 nitrogen and oxygen atoms in total. The Morgan fingerprint density at radius 1 is 1.40 bits per heavy atom. The number of nitrogens with zero attached hydrogens (tertiary/aromatic N) is 3. The van der Waals surface area contributed by atoms with Gasteiger partial charge in [-0.05, 0) is 18.1 Å². The molecule has 0 N–H and O–H groups in total. The van der Waals surface area contributed by atoms with Gasteiger partial charge in [-0.3, -0.25) is 0 Å². The number of hydrogen-bond acceptors (Lipinski definition) is 3. The highest BCUT2D eigenvalue weighted by Crippen LogP contribution is 2.24. The first kappa shape index (κ1) is 15.3. The number of pyridine rings is 1. The lowest BCUT2D eigenvalue weighted by atomic mass is 10.2. The monoisotopic (exact) mass is 339 g/mol. The van der Waals surface area contributed by atoms with Crippen LogP contribution in [0.15, 0.2) is 24.4 Å². The van der Waals surface area contributed by atoms with E-state index in [-0.39, 0.29) is 0 Å². The number of methoxy groups -OCH3 is 1. The molecule has 2 heterocycles. The second-order valence-corrected chi connectivity index (χ2v) is 5.84. The van der Waals surface area contributed by atoms with E-state index in [4.69, 9.17) is 9.72 Å². The minimum absolute atomic E-state index is 0.583. The summed E-state index contributed by atoms with van der Waals surface area (Å²) in [6.45, 7) is 7.00. The standard InChI is InChI=1S/C15H22BrN3O/c1-12(2)11-18(8-9-20-3)15-13(10-16)19-7-5-4-6-14(19)17-15/h4-7,12H,8-11H2,1-3H3. The largest absolute Gasteiger partial charge is 0.383 e. The molecule has 2 aromatic heterocycles. The summed E-state index contributed by atoms with van der Waals surface area (Å²) in [7, 11) is 1.74. The molecule has 0 fully saturated rings. The van der Waals surface area contributed by atoms with Crippen molar-refractivity contribution in [2.45, 2.75) is 19.2 Å². The van der Waals surface area contributed by atoms with Gasteiger partial charge in [0.05, 0.1) is 12.3 Å². The molecule has 0 aliphatic carbocycles. The first-order valence-corrected chi connectivity index (χ1v) is 8.05. The topological polar surface area (TPSA) is 29.8 Å². The van der Waals surface area contributed by atoms with Gasteiger partial charge in [0.2, 0.25) is 0 Å². The predicted molar refractivity (Wildman–Crippen MR) is 86.8 cm³/mol. The fraction of sp³-hybridized carbons (Fsp3) is 0.533. The van der Waals surface area contributed by atoms with Crippen LogP contribution in [0.3, 0.4) is 0 Å². The lowest BCUT2D eigenvalue weighted by molar-refractivity contribution is 0.204. The Bertz CT molecular complexity index is 553. The van der Waals surface area contributed by atoms with Crippen LogP contribution in [0.5, 0.6) is 0 Å². The van der Waals surface area contributed by atoms with Crippen molar-refractivity contribution in [3.8, 4) is 0 Å². The van der Waals surface area contributed by atoms with Gasteiger partial charge in [-0.25, -0.2) is 4.98 Å². The van der Waals surface area contributed by atoms with Gasteiger partial charge in [-0.15, -0.1) is 0 Å². The van der Waals surface area contributed by atoms with Crippen LogP contribution in [0.4, 0.5) is 5.82 Å². The number of rotatable bonds is 7. The minimum atomic E-state index is 0.583. The van der Waals surface area contributed by atoms with Crippen molar-refractivity contribution in [2.24, 2.45) is 5.92 Å². The van der Waals surface area contributed by atoms with E-state index >= 15 is 0 Å². The maximum atomic E-state index is 5.24. The lowest BCUT2D eigenvalue weighted by Crippen LogP contribution is -2.32. The van der Waals surface area contributed by atoms with Crippen LogP contribution in [-0.2, 0) is 10.1 Å². The van der Waals surface area contributed by atoms with Crippen LogP contribution in [0, 0.1) is 5.92 Å². The molecule has 0 saturated carbocycles. The molecule has 0 aliphatic heterocycles. The van der Waals surface area contributed by atoms with Crippen LogP contribution in [-0.4, -0.2) is 36.2 Å². The number of ether oxygens (including phenoxy) is 1. The van der Waals surface area contributed by atoms with Crippen LogP contribution in [0.25, 0.3) is 5.65 Å². The summed E-state index contributed by atoms with van der Waals surface area (Å²) in [5, 5.41) is 0.787. The zero-order valence-corrected chi connectivity index (χ0v) is 13.9. The van der Waals surface area contributed by atoms with Crippen molar-refractivity contribution in [1.82, 2.24) is 9.38 Å². The fourth-order valence-corrected chi connectivity index (χ4v) is 2.86. The molecule has 0 bridgehead atoms. The molecule has 0 spiro atoms. The molecule has 2 rings (SSSR count). The van der Waals surface area contributed by atoms with Crippen molar-refractivity contribution < 1.29 is 4.74 Å². The van der Waals surface area contributed by atoms with Crippen LogP contribution < -0.4 is 4.90 Å². The van der Waals surface area contributed by atoms with Gasteiger partial charge in [0, 0.05) is 31.7 Å². The molecule has 0 aromatic carbocycles. The van der Waals surface area contributed by atoms with Gasteiger partial charge in [0.15, 0.2) is 5.82 Å². The Hall–Kier alpha value is -1.07. The fourth-order valence-electron chi connectivity index (χ4n) is 2.34. The maximum Gasteiger partial charge on any atom is 0.152 e. The summed E-state index contributed by atoms with van der Waals surface area (Å²) in [5.41, 5.74) is 2.18. The Kier molecular flexibility index (Phi) is 5.43. The average Bonchev–Trinajstić information content (AvgIpc) is 2.81. The van der Waals surface area contributed by atoms with Crippen LogP contribution >= 0.6 is 15.9 Å². The number of anilines is 1. The summed E-state index contributed by atoms with van der Waals surface area (Å²) >= 11 is 3.59. The van der Waals surface area contributed by atoms with E-state index in [0.717, 1.165) is 29.9 Å². The third-order valence-electron chi connectivity index (χ3n) is 3.18. The molecule has 110 valence electrons. The van der Waals surface area contributed by atoms with E-state index in [1.807, 2.05) is 18.2 Å². The highest BCUT2D eigenvalue weighted by Gasteiger charge is 2.18. The van der Waals surface area contributed by atoms with Crippen LogP contribution in [0.2, 0.25) is 0 Å². The van der Waals surface area contributed by atoms with Gasteiger partial charge in [0.25, 0.3) is 0 Å². The summed E-state index contributed by atoms with van der Waals surface area (Å²) in [4.78, 5) is 7.11. The van der Waals surface area contributed by atoms with E-state index < -0.39 is 0 Å². The Morgan fingerprint density at radius 3 is 2.85 bits per heavy atom. The molecule has 20 heavy (non-hydrogen) atoms. The van der Waals surface area contributed by atoms with E-state index in [1.54, 1.807) is 7.11 Å². The third-order valence-corrected chi connectivity index (χ3v) is 3.72. The molecule has 2 aromatic rings. The predicted octanol–water partition coefficient (Wildman–Crippen LogP) is 3.34. The number of alkyl halides is 1. The summed E-state index contributed by atoms with van der Waals surface area (Å²) in [6, 6.07) is 6.10. The van der Waals surface area contributed by atoms with Crippen molar-refractivity contribution in [3.05, 3.63) is 30.1 Å². The Balaban J connectivity index is 2.40. The van der Waals surface area contributed by atoms with Crippen molar-refractivity contribution in [3.63, 3.8) is 0 Å². The van der Waals surface area contributed by atoms with Gasteiger partial charge in [-0.2, -0.15) is 0 Å². The van der Waals surface area contributed by atoms with E-state index in [1.165, 1.54) is 5.69 Å². The summed E-state index contributed by atoms with van der Waals surface area (Å²) in [6.07, 6.45) is 2.06. The molecule has 0 radical (unpaired) electrons. The molecule has 5 heteroatoms. The van der Waals surface area contributed by atoms with Crippen molar-refractivity contribution in [1.29, 1.82) is 0 Å². The molecular formula is C15H22BrN3O. The molecule has 0 amide bonds. The maximum absolute atomic E-state index is 5.24. The lowest BCUT2D eigenvalue weighted by Gasteiger charge is -2.25. The van der Waals surface area contributed by atoms with Gasteiger partial charge in [-0.1, -0.05) is 35.8 Å². The van der Waals surface area contributed by atoms with Gasteiger partial charge in [0.1, 0.15) is 5.65 Å². The molecule has 0 saturated heterocycles. The third kappa shape index (κ3) is 3.33. The molecule has 0 atom stereocenters. The zero-order chi connectivity index (χ0) is 14.5. The molecular weight excluding hydrogens is 318 g/mol. The first-order chi connectivity index (χ1) is 9.67. The number of aromatic nitrogens is 2. The number of imidazole rings is 1. The summed E-state index contributed by atoms with van der Waals surface area (Å²) < 4.78 is 7.38. The number of hydrogen-bond donors (Lipinski definition) is 0. The van der Waals surface area contributed by atoms with Gasteiger partial charge < -0.3 is 14.0 Å². The highest BCUT2D eigenvalue weighted by molar-refractivity contribution is 9.08. The Labute approximate surface area is 128 Å². The van der Waals surface area contributed by atoms with E-state index in [9.17, 15) is 0 Å². The zero-order valence-electron chi connectivity index (χ0n) is 12.3. The first-order valence-electron chi connectivity index (χ1n) is 6.93. The summed E-state index contributed by atoms with van der Waals surface area (Å²) in [5.74, 6) is 1.64. The normalized spacial score (nSPS) is 11.4. The molecule has 0 aliphatic rings. The smallest absolute Gasteiger partial charge is 0.152 e. The number of fused-ring (bicyclic) bond motifs is 1. The average molecular weight is 340 g/mol. The second-order valence-electron chi connectivity index (χ2n) is 5.28. The minimum Gasteiger partial charge on any atom is -0.383 e. The Morgan fingerprint density at radius 2 is 2.20 bits per heavy atom. The second kappa shape index (κ2) is 7.09. The van der Waals surface area contributed by atoms with Gasteiger partial charge >= 0.3 is 0 Å². The number of halogens is 1. The van der Waals surface area contributed by atoms with Crippen molar-refractivity contribution >= 4 is 27.4 Å². The quantitative estimate of drug-likeness (QED) is 0.724. The van der Waals surface area contributed by atoms with E-state index in [0.29, 0.717) is 12.5 Å². The highest BCUT2D eigenvalue weighted by atomic mass is 79.9. The SMILES string of the molecule is COCCN(CC(C)C)c1nc2ccccn2c1CBr.